The Morgan fingerprint density at radius 3 is 2.50 bits per heavy atom. The van der Waals surface area contributed by atoms with Gasteiger partial charge in [-0.25, -0.2) is 0 Å². The van der Waals surface area contributed by atoms with E-state index in [0.717, 1.165) is 0 Å². The van der Waals surface area contributed by atoms with E-state index in [0.29, 0.717) is 13.0 Å². The summed E-state index contributed by atoms with van der Waals surface area (Å²) in [6.07, 6.45) is 0.698. The van der Waals surface area contributed by atoms with Gasteiger partial charge in [-0.3, -0.25) is 9.79 Å². The fourth-order valence-corrected chi connectivity index (χ4v) is 0.851. The van der Waals surface area contributed by atoms with Gasteiger partial charge in [0.1, 0.15) is 5.54 Å². The van der Waals surface area contributed by atoms with E-state index in [1.807, 2.05) is 0 Å². The van der Waals surface area contributed by atoms with Crippen LogP contribution in [0.4, 0.5) is 0 Å². The second-order valence-electron chi connectivity index (χ2n) is 3.16. The molecule has 0 unspecified atom stereocenters. The number of rotatable bonds is 6. The first-order valence-electron chi connectivity index (χ1n) is 4.12. The molecule has 0 saturated carbocycles. The Hall–Kier alpha value is -1.34. The fraction of sp³-hybridized carbons (Fsp3) is 0.714. The summed E-state index contributed by atoms with van der Waals surface area (Å²) in [5.41, 5.74) is 10.6. The number of guanidine groups is 1. The molecule has 0 heterocycles. The molecule has 0 aliphatic carbocycles. The Labute approximate surface area is 81.8 Å². The minimum Gasteiger partial charge on any atom is -0.480 e. The number of aliphatic carboxylic acids is 1. The average Bonchev–Trinajstić information content (AvgIpc) is 2.11. The first-order valence-corrected chi connectivity index (χ1v) is 4.12. The molecule has 7 nitrogen and oxygen atoms in total. The van der Waals surface area contributed by atoms with Gasteiger partial charge in [0.15, 0.2) is 5.96 Å². The highest BCUT2D eigenvalue weighted by atomic mass is 16.5. The number of hydroxylamine groups is 1. The average molecular weight is 204 g/mol. The molecule has 0 bridgehead atoms. The van der Waals surface area contributed by atoms with E-state index in [2.05, 4.69) is 4.99 Å². The van der Waals surface area contributed by atoms with E-state index in [9.17, 15) is 4.79 Å². The second-order valence-corrected chi connectivity index (χ2v) is 3.16. The summed E-state index contributed by atoms with van der Waals surface area (Å²) >= 11 is 0. The summed E-state index contributed by atoms with van der Waals surface area (Å²) < 4.78 is 0. The van der Waals surface area contributed by atoms with Crippen LogP contribution in [0, 0.1) is 0 Å². The van der Waals surface area contributed by atoms with Crippen LogP contribution in [0.2, 0.25) is 0 Å². The van der Waals surface area contributed by atoms with Gasteiger partial charge in [-0.2, -0.15) is 5.48 Å². The number of nitrogens with one attached hydrogen (secondary N) is 1. The van der Waals surface area contributed by atoms with Gasteiger partial charge in [0.2, 0.25) is 0 Å². The molecular weight excluding hydrogens is 188 g/mol. The van der Waals surface area contributed by atoms with Crippen molar-refractivity contribution in [3.8, 4) is 0 Å². The van der Waals surface area contributed by atoms with Gasteiger partial charge in [-0.05, 0) is 19.8 Å². The largest absolute Gasteiger partial charge is 0.480 e. The topological polar surface area (TPSA) is 134 Å². The van der Waals surface area contributed by atoms with Crippen molar-refractivity contribution in [3.05, 3.63) is 0 Å². The third-order valence-electron chi connectivity index (χ3n) is 1.85. The highest BCUT2D eigenvalue weighted by Crippen LogP contribution is 2.11. The Balaban J connectivity index is 3.97. The molecular formula is C7H16N4O3. The smallest absolute Gasteiger partial charge is 0.325 e. The maximum Gasteiger partial charge on any atom is 0.325 e. The van der Waals surface area contributed by atoms with Crippen molar-refractivity contribution >= 4 is 11.9 Å². The highest BCUT2D eigenvalue weighted by Gasteiger charge is 2.31. The van der Waals surface area contributed by atoms with Gasteiger partial charge in [0, 0.05) is 6.54 Å². The molecule has 0 rings (SSSR count). The molecule has 0 saturated heterocycles. The monoisotopic (exact) mass is 204 g/mol. The molecule has 0 aromatic heterocycles. The lowest BCUT2D eigenvalue weighted by molar-refractivity contribution is -0.149. The Kier molecular flexibility index (Phi) is 4.89. The molecule has 0 aliphatic heterocycles. The second kappa shape index (κ2) is 5.40. The van der Waals surface area contributed by atoms with Gasteiger partial charge >= 0.3 is 5.97 Å². The first-order chi connectivity index (χ1) is 6.42. The lowest BCUT2D eigenvalue weighted by atomic mass is 9.97. The summed E-state index contributed by atoms with van der Waals surface area (Å²) in [4.78, 5) is 14.4. The van der Waals surface area contributed by atoms with Crippen LogP contribution in [0.3, 0.4) is 0 Å². The molecule has 0 aromatic rings. The molecule has 0 radical (unpaired) electrons. The highest BCUT2D eigenvalue weighted by molar-refractivity contribution is 5.78. The summed E-state index contributed by atoms with van der Waals surface area (Å²) in [6.45, 7) is 1.72. The summed E-state index contributed by atoms with van der Waals surface area (Å²) in [7, 11) is 0. The molecule has 7 heteroatoms. The molecule has 0 amide bonds. The summed E-state index contributed by atoms with van der Waals surface area (Å²) in [5, 5.41) is 17.4. The van der Waals surface area contributed by atoms with Gasteiger partial charge in [0.05, 0.1) is 0 Å². The van der Waals surface area contributed by atoms with E-state index in [1.54, 1.807) is 5.48 Å². The van der Waals surface area contributed by atoms with Crippen molar-refractivity contribution < 1.29 is 15.1 Å². The van der Waals surface area contributed by atoms with E-state index < -0.39 is 11.5 Å². The SMILES string of the molecule is C[C@@](CCCN=C(N)N)(NO)C(=O)O. The zero-order chi connectivity index (χ0) is 11.2. The third-order valence-corrected chi connectivity index (χ3v) is 1.85. The molecule has 14 heavy (non-hydrogen) atoms. The molecule has 0 spiro atoms. The van der Waals surface area contributed by atoms with Crippen molar-refractivity contribution in [1.29, 1.82) is 0 Å². The maximum atomic E-state index is 10.7. The van der Waals surface area contributed by atoms with Crippen LogP contribution in [-0.2, 0) is 4.79 Å². The summed E-state index contributed by atoms with van der Waals surface area (Å²) in [6, 6.07) is 0. The normalized spacial score (nSPS) is 14.4. The Morgan fingerprint density at radius 2 is 2.14 bits per heavy atom. The number of nitrogens with zero attached hydrogens (tertiary/aromatic N) is 1. The van der Waals surface area contributed by atoms with E-state index in [4.69, 9.17) is 21.8 Å². The van der Waals surface area contributed by atoms with Crippen LogP contribution in [0.25, 0.3) is 0 Å². The van der Waals surface area contributed by atoms with Gasteiger partial charge in [-0.1, -0.05) is 0 Å². The maximum absolute atomic E-state index is 10.7. The van der Waals surface area contributed by atoms with Gasteiger partial charge < -0.3 is 21.8 Å². The van der Waals surface area contributed by atoms with Gasteiger partial charge in [0.25, 0.3) is 0 Å². The first kappa shape index (κ1) is 12.7. The number of hydrogen-bond acceptors (Lipinski definition) is 4. The van der Waals surface area contributed by atoms with Crippen LogP contribution in [0.1, 0.15) is 19.8 Å². The van der Waals surface area contributed by atoms with Crippen molar-refractivity contribution in [2.75, 3.05) is 6.54 Å². The third kappa shape index (κ3) is 4.06. The fourth-order valence-electron chi connectivity index (χ4n) is 0.851. The van der Waals surface area contributed by atoms with Crippen LogP contribution < -0.4 is 16.9 Å². The zero-order valence-electron chi connectivity index (χ0n) is 8.03. The quantitative estimate of drug-likeness (QED) is 0.161. The standard InChI is InChI=1S/C7H16N4O3/c1-7(11-14,5(12)13)3-2-4-10-6(8)9/h11,14H,2-4H2,1H3,(H,12,13)(H4,8,9,10)/t7-/m0/s1. The van der Waals surface area contributed by atoms with E-state index >= 15 is 0 Å². The number of carboxylic acid groups (broad SMARTS) is 1. The Bertz CT molecular complexity index is 227. The van der Waals surface area contributed by atoms with Crippen molar-refractivity contribution in [1.82, 2.24) is 5.48 Å². The predicted octanol–water partition coefficient (Wildman–Crippen LogP) is -1.14. The number of hydrogen-bond donors (Lipinski definition) is 5. The lowest BCUT2D eigenvalue weighted by Gasteiger charge is -2.21. The molecule has 1 atom stereocenters. The molecule has 0 fully saturated rings. The molecule has 0 aliphatic rings. The van der Waals surface area contributed by atoms with E-state index in [1.165, 1.54) is 6.92 Å². The van der Waals surface area contributed by atoms with Crippen molar-refractivity contribution in [2.45, 2.75) is 25.3 Å². The van der Waals surface area contributed by atoms with Crippen LogP contribution in [0.5, 0.6) is 0 Å². The van der Waals surface area contributed by atoms with Crippen molar-refractivity contribution in [3.63, 3.8) is 0 Å². The Morgan fingerprint density at radius 1 is 1.57 bits per heavy atom. The minimum atomic E-state index is -1.35. The van der Waals surface area contributed by atoms with Crippen molar-refractivity contribution in [2.24, 2.45) is 16.5 Å². The van der Waals surface area contributed by atoms with Crippen LogP contribution in [-0.4, -0.2) is 34.3 Å². The molecule has 0 aromatic carbocycles. The molecule has 7 N–H and O–H groups in total. The number of carboxylic acids is 1. The minimum absolute atomic E-state index is 0.0287. The van der Waals surface area contributed by atoms with E-state index in [-0.39, 0.29) is 12.4 Å². The summed E-state index contributed by atoms with van der Waals surface area (Å²) in [5.74, 6) is -1.15. The predicted molar refractivity (Wildman–Crippen MR) is 50.9 cm³/mol. The number of nitrogens with two attached hydrogens (primary N) is 2. The zero-order valence-corrected chi connectivity index (χ0v) is 8.03. The lowest BCUT2D eigenvalue weighted by Crippen LogP contribution is -2.47. The number of aliphatic imine (C=N–C) groups is 1. The van der Waals surface area contributed by atoms with Crippen LogP contribution >= 0.6 is 0 Å². The van der Waals surface area contributed by atoms with Gasteiger partial charge in [-0.15, -0.1) is 0 Å². The number of carbonyl (C=O) groups is 1. The van der Waals surface area contributed by atoms with Crippen LogP contribution in [0.15, 0.2) is 4.99 Å². The molecule has 82 valence electrons.